The Labute approximate surface area is 113 Å². The first-order chi connectivity index (χ1) is 9.03. The molecule has 0 fully saturated rings. The van der Waals surface area contributed by atoms with E-state index in [1.807, 2.05) is 19.9 Å². The van der Waals surface area contributed by atoms with Crippen molar-refractivity contribution < 1.29 is 9.53 Å². The van der Waals surface area contributed by atoms with Crippen LogP contribution in [0.5, 0.6) is 5.75 Å². The van der Waals surface area contributed by atoms with Crippen molar-refractivity contribution in [3.05, 3.63) is 29.3 Å². The highest BCUT2D eigenvalue weighted by molar-refractivity contribution is 5.99. The van der Waals surface area contributed by atoms with Crippen molar-refractivity contribution >= 4 is 5.78 Å². The SMILES string of the molecule is COc1ccc(C(C)C)cc1C(=O)CC(C#N)C#N. The van der Waals surface area contributed by atoms with Crippen LogP contribution in [-0.4, -0.2) is 12.9 Å². The van der Waals surface area contributed by atoms with Crippen LogP contribution in [0.3, 0.4) is 0 Å². The first kappa shape index (κ1) is 14.7. The van der Waals surface area contributed by atoms with Crippen LogP contribution in [-0.2, 0) is 0 Å². The lowest BCUT2D eigenvalue weighted by molar-refractivity contribution is 0.0973. The van der Waals surface area contributed by atoms with E-state index in [2.05, 4.69) is 0 Å². The van der Waals surface area contributed by atoms with Crippen LogP contribution in [0.4, 0.5) is 0 Å². The Morgan fingerprint density at radius 2 is 1.95 bits per heavy atom. The van der Waals surface area contributed by atoms with E-state index in [9.17, 15) is 4.79 Å². The van der Waals surface area contributed by atoms with Crippen molar-refractivity contribution in [2.24, 2.45) is 5.92 Å². The van der Waals surface area contributed by atoms with Gasteiger partial charge in [0.05, 0.1) is 24.8 Å². The van der Waals surface area contributed by atoms with E-state index in [1.165, 1.54) is 7.11 Å². The number of ether oxygens (including phenoxy) is 1. The Morgan fingerprint density at radius 1 is 1.32 bits per heavy atom. The zero-order valence-corrected chi connectivity index (χ0v) is 11.3. The number of benzene rings is 1. The van der Waals surface area contributed by atoms with Gasteiger partial charge in [-0.2, -0.15) is 10.5 Å². The maximum Gasteiger partial charge on any atom is 0.168 e. The van der Waals surface area contributed by atoms with Gasteiger partial charge < -0.3 is 4.74 Å². The average molecular weight is 256 g/mol. The van der Waals surface area contributed by atoms with Crippen LogP contribution in [0.15, 0.2) is 18.2 Å². The molecular formula is C15H16N2O2. The topological polar surface area (TPSA) is 73.9 Å². The Hall–Kier alpha value is -2.33. The molecule has 4 nitrogen and oxygen atoms in total. The number of nitrogens with zero attached hydrogens (tertiary/aromatic N) is 2. The van der Waals surface area contributed by atoms with Crippen molar-refractivity contribution in [3.63, 3.8) is 0 Å². The highest BCUT2D eigenvalue weighted by Crippen LogP contribution is 2.26. The molecule has 0 bridgehead atoms. The molecule has 4 heteroatoms. The van der Waals surface area contributed by atoms with Gasteiger partial charge in [0.15, 0.2) is 5.78 Å². The lowest BCUT2D eigenvalue weighted by Gasteiger charge is -2.12. The number of carbonyl (C=O) groups excluding carboxylic acids is 1. The molecule has 0 unspecified atom stereocenters. The van der Waals surface area contributed by atoms with Crippen LogP contribution < -0.4 is 4.74 Å². The summed E-state index contributed by atoms with van der Waals surface area (Å²) in [6.07, 6.45) is -0.106. The van der Waals surface area contributed by atoms with Crippen molar-refractivity contribution in [2.45, 2.75) is 26.2 Å². The van der Waals surface area contributed by atoms with E-state index in [0.29, 0.717) is 17.2 Å². The van der Waals surface area contributed by atoms with Crippen LogP contribution in [0.2, 0.25) is 0 Å². The van der Waals surface area contributed by atoms with Crippen molar-refractivity contribution in [1.29, 1.82) is 10.5 Å². The number of Topliss-reactive ketones (excluding diaryl/α,β-unsaturated/α-hetero) is 1. The fourth-order valence-electron chi connectivity index (χ4n) is 1.72. The summed E-state index contributed by atoms with van der Waals surface area (Å²) >= 11 is 0. The molecule has 0 N–H and O–H groups in total. The fourth-order valence-corrected chi connectivity index (χ4v) is 1.72. The summed E-state index contributed by atoms with van der Waals surface area (Å²) in [6.45, 7) is 4.06. The average Bonchev–Trinajstić information content (AvgIpc) is 2.43. The summed E-state index contributed by atoms with van der Waals surface area (Å²) in [7, 11) is 1.49. The molecule has 0 spiro atoms. The third-order valence-electron chi connectivity index (χ3n) is 2.89. The van der Waals surface area contributed by atoms with E-state index in [-0.39, 0.29) is 12.2 Å². The smallest absolute Gasteiger partial charge is 0.168 e. The van der Waals surface area contributed by atoms with E-state index in [4.69, 9.17) is 15.3 Å². The summed E-state index contributed by atoms with van der Waals surface area (Å²) in [5, 5.41) is 17.5. The molecule has 1 rings (SSSR count). The number of carbonyl (C=O) groups is 1. The van der Waals surface area contributed by atoms with Gasteiger partial charge in [-0.15, -0.1) is 0 Å². The Balaban J connectivity index is 3.10. The molecule has 0 amide bonds. The normalized spacial score (nSPS) is 10.1. The zero-order chi connectivity index (χ0) is 14.4. The number of nitriles is 2. The van der Waals surface area contributed by atoms with Gasteiger partial charge in [0, 0.05) is 6.42 Å². The van der Waals surface area contributed by atoms with Gasteiger partial charge in [0.25, 0.3) is 0 Å². The third kappa shape index (κ3) is 3.56. The van der Waals surface area contributed by atoms with Crippen molar-refractivity contribution in [2.75, 3.05) is 7.11 Å². The van der Waals surface area contributed by atoms with Gasteiger partial charge in [0.1, 0.15) is 11.7 Å². The molecule has 0 radical (unpaired) electrons. The summed E-state index contributed by atoms with van der Waals surface area (Å²) in [5.41, 5.74) is 1.46. The molecule has 1 aromatic carbocycles. The second-order valence-corrected chi connectivity index (χ2v) is 4.55. The number of methoxy groups -OCH3 is 1. The predicted octanol–water partition coefficient (Wildman–Crippen LogP) is 3.05. The minimum Gasteiger partial charge on any atom is -0.496 e. The second kappa shape index (κ2) is 6.56. The summed E-state index contributed by atoms with van der Waals surface area (Å²) in [6, 6.07) is 9.04. The van der Waals surface area contributed by atoms with Crippen LogP contribution in [0.25, 0.3) is 0 Å². The zero-order valence-electron chi connectivity index (χ0n) is 11.3. The van der Waals surface area contributed by atoms with E-state index < -0.39 is 5.92 Å². The van der Waals surface area contributed by atoms with Gasteiger partial charge in [-0.25, -0.2) is 0 Å². The molecule has 0 saturated heterocycles. The molecule has 0 aliphatic rings. The van der Waals surface area contributed by atoms with Crippen LogP contribution in [0.1, 0.15) is 42.1 Å². The van der Waals surface area contributed by atoms with Gasteiger partial charge in [0.2, 0.25) is 0 Å². The molecule has 0 aliphatic carbocycles. The maximum absolute atomic E-state index is 12.1. The highest BCUT2D eigenvalue weighted by Gasteiger charge is 2.18. The molecule has 0 saturated carbocycles. The minimum absolute atomic E-state index is 0.106. The summed E-state index contributed by atoms with van der Waals surface area (Å²) < 4.78 is 5.16. The Bertz CT molecular complexity index is 536. The van der Waals surface area contributed by atoms with Crippen molar-refractivity contribution in [3.8, 4) is 17.9 Å². The highest BCUT2D eigenvalue weighted by atomic mass is 16.5. The molecule has 1 aromatic rings. The van der Waals surface area contributed by atoms with E-state index >= 15 is 0 Å². The lowest BCUT2D eigenvalue weighted by Crippen LogP contribution is -2.08. The first-order valence-electron chi connectivity index (χ1n) is 6.03. The van der Waals surface area contributed by atoms with Crippen molar-refractivity contribution in [1.82, 2.24) is 0 Å². The second-order valence-electron chi connectivity index (χ2n) is 4.55. The maximum atomic E-state index is 12.1. The molecule has 0 heterocycles. The number of ketones is 1. The lowest BCUT2D eigenvalue weighted by atomic mass is 9.95. The number of hydrogen-bond donors (Lipinski definition) is 0. The fraction of sp³-hybridized carbons (Fsp3) is 0.400. The monoisotopic (exact) mass is 256 g/mol. The molecule has 0 aliphatic heterocycles. The Kier molecular flexibility index (Phi) is 5.09. The van der Waals surface area contributed by atoms with E-state index in [1.54, 1.807) is 24.3 Å². The van der Waals surface area contributed by atoms with Crippen LogP contribution >= 0.6 is 0 Å². The van der Waals surface area contributed by atoms with Crippen LogP contribution in [0, 0.1) is 28.6 Å². The standard InChI is InChI=1S/C15H16N2O2/c1-10(2)12-4-5-15(19-3)13(7-12)14(18)6-11(8-16)9-17/h4-5,7,10-11H,6H2,1-3H3. The van der Waals surface area contributed by atoms with Gasteiger partial charge in [-0.05, 0) is 23.6 Å². The number of rotatable bonds is 5. The Morgan fingerprint density at radius 3 is 2.42 bits per heavy atom. The molecule has 0 atom stereocenters. The third-order valence-corrected chi connectivity index (χ3v) is 2.89. The molecule has 0 aromatic heterocycles. The van der Waals surface area contributed by atoms with Gasteiger partial charge >= 0.3 is 0 Å². The summed E-state index contributed by atoms with van der Waals surface area (Å²) in [5.74, 6) is -0.392. The first-order valence-corrected chi connectivity index (χ1v) is 6.03. The minimum atomic E-state index is -0.917. The largest absolute Gasteiger partial charge is 0.496 e. The molecule has 98 valence electrons. The van der Waals surface area contributed by atoms with Gasteiger partial charge in [-0.3, -0.25) is 4.79 Å². The predicted molar refractivity (Wildman–Crippen MR) is 70.7 cm³/mol. The van der Waals surface area contributed by atoms with E-state index in [0.717, 1.165) is 5.56 Å². The summed E-state index contributed by atoms with van der Waals surface area (Å²) in [4.78, 5) is 12.1. The quantitative estimate of drug-likeness (QED) is 0.759. The van der Waals surface area contributed by atoms with Gasteiger partial charge in [-0.1, -0.05) is 19.9 Å². The molecular weight excluding hydrogens is 240 g/mol. The molecule has 19 heavy (non-hydrogen) atoms. The number of hydrogen-bond acceptors (Lipinski definition) is 4.